The topological polar surface area (TPSA) is 54.3 Å². The maximum Gasteiger partial charge on any atom is 0.229 e. The average Bonchev–Trinajstić information content (AvgIpc) is 3.33. The third kappa shape index (κ3) is 4.63. The Morgan fingerprint density at radius 3 is 2.56 bits per heavy atom. The van der Waals surface area contributed by atoms with Crippen LogP contribution in [-0.2, 0) is 9.53 Å². The number of hydrogen-bond acceptors (Lipinski definition) is 4. The first-order chi connectivity index (χ1) is 16.1. The van der Waals surface area contributed by atoms with Crippen molar-refractivity contribution >= 4 is 11.6 Å². The molecule has 0 spiro atoms. The lowest BCUT2D eigenvalue weighted by Crippen LogP contribution is -2.51. The highest BCUT2D eigenvalue weighted by molar-refractivity contribution is 5.84. The van der Waals surface area contributed by atoms with Crippen molar-refractivity contribution in [2.24, 2.45) is 27.0 Å². The molecular weight excluding hydrogens is 436 g/mol. The molecule has 0 bridgehead atoms. The Hall–Kier alpha value is -2.67. The Kier molecular flexibility index (Phi) is 7.86. The lowest BCUT2D eigenvalue weighted by Gasteiger charge is -2.44. The number of amides is 1. The predicted molar refractivity (Wildman–Crippen MR) is 130 cm³/mol. The number of ether oxygens (including phenoxy) is 1. The summed E-state index contributed by atoms with van der Waals surface area (Å²) in [5.74, 6) is -1.39. The third-order valence-electron chi connectivity index (χ3n) is 7.93. The summed E-state index contributed by atoms with van der Waals surface area (Å²) in [5, 5.41) is 7.75. The number of azo groups is 1. The van der Waals surface area contributed by atoms with Crippen LogP contribution < -0.4 is 0 Å². The minimum Gasteiger partial charge on any atom is -0.383 e. The molecule has 1 aliphatic carbocycles. The van der Waals surface area contributed by atoms with Crippen molar-refractivity contribution in [3.63, 3.8) is 0 Å². The normalized spacial score (nSPS) is 26.9. The van der Waals surface area contributed by atoms with Gasteiger partial charge in [0.2, 0.25) is 5.91 Å². The van der Waals surface area contributed by atoms with Crippen LogP contribution in [0.4, 0.5) is 8.78 Å². The average molecular weight is 472 g/mol. The van der Waals surface area contributed by atoms with E-state index < -0.39 is 22.5 Å². The van der Waals surface area contributed by atoms with Gasteiger partial charge in [-0.15, -0.1) is 0 Å². The molecule has 1 aromatic rings. The van der Waals surface area contributed by atoms with Crippen LogP contribution in [0.2, 0.25) is 0 Å². The first-order valence-corrected chi connectivity index (χ1v) is 11.7. The van der Waals surface area contributed by atoms with E-state index in [4.69, 9.17) is 4.74 Å². The Labute approximate surface area is 201 Å². The van der Waals surface area contributed by atoms with Crippen molar-refractivity contribution in [3.8, 4) is 0 Å². The molecule has 1 aliphatic heterocycles. The Balaban J connectivity index is 1.93. The lowest BCUT2D eigenvalue weighted by molar-refractivity contribution is -0.149. The summed E-state index contributed by atoms with van der Waals surface area (Å²) in [6.45, 7) is 15.2. The molecule has 184 valence electrons. The van der Waals surface area contributed by atoms with Crippen molar-refractivity contribution < 1.29 is 18.3 Å². The van der Waals surface area contributed by atoms with Gasteiger partial charge >= 0.3 is 0 Å². The van der Waals surface area contributed by atoms with Crippen molar-refractivity contribution in [1.82, 2.24) is 4.90 Å². The van der Waals surface area contributed by atoms with Crippen molar-refractivity contribution in [1.29, 1.82) is 0 Å². The SMILES string of the molecule is C=CN=N/C(=C\C(=C)C1CC[C@](C)(C(=O)N2CCC[C@H]2COC)C1(C)C)c1c(F)cccc1F. The van der Waals surface area contributed by atoms with E-state index in [1.165, 1.54) is 24.4 Å². The summed E-state index contributed by atoms with van der Waals surface area (Å²) in [6, 6.07) is 3.76. The fourth-order valence-corrected chi connectivity index (χ4v) is 5.59. The molecule has 0 aromatic heterocycles. The second-order valence-corrected chi connectivity index (χ2v) is 9.99. The van der Waals surface area contributed by atoms with Crippen molar-refractivity contribution in [2.75, 3.05) is 20.3 Å². The minimum atomic E-state index is -0.731. The van der Waals surface area contributed by atoms with Gasteiger partial charge in [-0.3, -0.25) is 4.79 Å². The number of methoxy groups -OCH3 is 1. The number of halogens is 2. The monoisotopic (exact) mass is 471 g/mol. The molecule has 1 saturated carbocycles. The van der Waals surface area contributed by atoms with E-state index in [0.717, 1.165) is 25.8 Å². The number of carbonyl (C=O) groups is 1. The van der Waals surface area contributed by atoms with Gasteiger partial charge in [0.05, 0.1) is 29.3 Å². The zero-order valence-corrected chi connectivity index (χ0v) is 20.6. The van der Waals surface area contributed by atoms with Crippen LogP contribution in [0.3, 0.4) is 0 Å². The molecule has 7 heteroatoms. The van der Waals surface area contributed by atoms with E-state index in [2.05, 4.69) is 37.2 Å². The molecule has 3 atom stereocenters. The van der Waals surface area contributed by atoms with Crippen molar-refractivity contribution in [2.45, 2.75) is 52.5 Å². The van der Waals surface area contributed by atoms with E-state index in [1.807, 2.05) is 11.8 Å². The number of allylic oxidation sites excluding steroid dienone is 2. The predicted octanol–water partition coefficient (Wildman–Crippen LogP) is 6.54. The maximum absolute atomic E-state index is 14.5. The highest BCUT2D eigenvalue weighted by Crippen LogP contribution is 2.59. The van der Waals surface area contributed by atoms with E-state index in [0.29, 0.717) is 18.6 Å². The first-order valence-electron chi connectivity index (χ1n) is 11.7. The second-order valence-electron chi connectivity index (χ2n) is 9.99. The van der Waals surface area contributed by atoms with Gasteiger partial charge in [0.25, 0.3) is 0 Å². The Bertz CT molecular complexity index is 997. The fourth-order valence-electron chi connectivity index (χ4n) is 5.59. The molecule has 2 aliphatic rings. The summed E-state index contributed by atoms with van der Waals surface area (Å²) < 4.78 is 34.4. The van der Waals surface area contributed by atoms with E-state index in [1.54, 1.807) is 13.2 Å². The van der Waals surface area contributed by atoms with Gasteiger partial charge in [-0.2, -0.15) is 10.2 Å². The van der Waals surface area contributed by atoms with Crippen LogP contribution in [-0.4, -0.2) is 37.1 Å². The molecule has 0 radical (unpaired) electrons. The van der Waals surface area contributed by atoms with Crippen molar-refractivity contribution in [3.05, 3.63) is 66.4 Å². The summed E-state index contributed by atoms with van der Waals surface area (Å²) in [7, 11) is 1.66. The number of benzene rings is 1. The molecular formula is C27H35F2N3O2. The fraction of sp³-hybridized carbons (Fsp3) is 0.519. The minimum absolute atomic E-state index is 0.0379. The van der Waals surface area contributed by atoms with Gasteiger partial charge in [-0.05, 0) is 60.8 Å². The van der Waals surface area contributed by atoms with Gasteiger partial charge in [0, 0.05) is 19.9 Å². The highest BCUT2D eigenvalue weighted by atomic mass is 19.1. The number of likely N-dealkylation sites (tertiary alicyclic amines) is 1. The molecule has 1 unspecified atom stereocenters. The molecule has 34 heavy (non-hydrogen) atoms. The zero-order valence-electron chi connectivity index (χ0n) is 20.6. The standard InChI is InChI=1S/C27H35F2N3O2/c1-7-30-31-23(24-21(28)11-8-12-22(24)29)16-18(2)20-13-14-27(5,26(20,3)4)25(33)32-15-9-10-19(32)17-34-6/h7-8,11-12,16,19-20H,1-2,9-10,13-15,17H2,3-6H3/b23-16-,31-30?/t19-,20?,27+/m0/s1. The number of hydrogen-bond donors (Lipinski definition) is 0. The smallest absolute Gasteiger partial charge is 0.229 e. The van der Waals surface area contributed by atoms with Gasteiger partial charge in [-0.25, -0.2) is 8.78 Å². The summed E-state index contributed by atoms with van der Waals surface area (Å²) in [4.78, 5) is 15.8. The summed E-state index contributed by atoms with van der Waals surface area (Å²) in [5.41, 5.74) is -0.597. The largest absolute Gasteiger partial charge is 0.383 e. The van der Waals surface area contributed by atoms with E-state index in [-0.39, 0.29) is 29.1 Å². The summed E-state index contributed by atoms with van der Waals surface area (Å²) >= 11 is 0. The zero-order chi connectivity index (χ0) is 25.1. The van der Waals surface area contributed by atoms with Gasteiger partial charge in [0.1, 0.15) is 11.6 Å². The van der Waals surface area contributed by atoms with Crippen LogP contribution in [0.15, 0.2) is 59.4 Å². The number of nitrogens with zero attached hydrogens (tertiary/aromatic N) is 3. The molecule has 3 rings (SSSR count). The summed E-state index contributed by atoms with van der Waals surface area (Å²) in [6.07, 6.45) is 6.14. The molecule has 1 heterocycles. The van der Waals surface area contributed by atoms with Gasteiger partial charge in [-0.1, -0.05) is 40.0 Å². The first kappa shape index (κ1) is 25.9. The van der Waals surface area contributed by atoms with Gasteiger partial charge in [0.15, 0.2) is 0 Å². The van der Waals surface area contributed by atoms with Crippen LogP contribution in [0.5, 0.6) is 0 Å². The maximum atomic E-state index is 14.5. The highest BCUT2D eigenvalue weighted by Gasteiger charge is 2.58. The second kappa shape index (κ2) is 10.3. The molecule has 5 nitrogen and oxygen atoms in total. The quantitative estimate of drug-likeness (QED) is 0.319. The molecule has 1 saturated heterocycles. The molecule has 1 amide bonds. The lowest BCUT2D eigenvalue weighted by atomic mass is 9.63. The van der Waals surface area contributed by atoms with Crippen LogP contribution >= 0.6 is 0 Å². The van der Waals surface area contributed by atoms with Crippen LogP contribution in [0.25, 0.3) is 5.70 Å². The van der Waals surface area contributed by atoms with Crippen LogP contribution in [0, 0.1) is 28.4 Å². The third-order valence-corrected chi connectivity index (χ3v) is 7.93. The van der Waals surface area contributed by atoms with E-state index >= 15 is 0 Å². The Morgan fingerprint density at radius 1 is 1.26 bits per heavy atom. The number of rotatable bonds is 8. The van der Waals surface area contributed by atoms with E-state index in [9.17, 15) is 13.6 Å². The molecule has 2 fully saturated rings. The number of carbonyl (C=O) groups excluding carboxylic acids is 1. The Morgan fingerprint density at radius 2 is 1.94 bits per heavy atom. The van der Waals surface area contributed by atoms with Gasteiger partial charge < -0.3 is 9.64 Å². The molecule has 0 N–H and O–H groups in total. The van der Waals surface area contributed by atoms with Crippen LogP contribution in [0.1, 0.15) is 52.0 Å². The molecule has 1 aromatic carbocycles.